The van der Waals surface area contributed by atoms with Crippen LogP contribution < -0.4 is 9.30 Å². The van der Waals surface area contributed by atoms with Crippen LogP contribution in [0.4, 0.5) is 0 Å². The summed E-state index contributed by atoms with van der Waals surface area (Å²) in [6.45, 7) is -15.4. The highest BCUT2D eigenvalue weighted by Gasteiger charge is 2.37. The third-order valence-corrected chi connectivity index (χ3v) is 12.6. The number of hydrogen-bond donors (Lipinski definition) is 0. The van der Waals surface area contributed by atoms with Crippen molar-refractivity contribution in [2.45, 2.75) is 84.0 Å². The Hall–Kier alpha value is -8.02. The predicted molar refractivity (Wildman–Crippen MR) is 297 cm³/mol. The highest BCUT2D eigenvalue weighted by molar-refractivity contribution is 6.09. The highest BCUT2D eigenvalue weighted by atomic mass is 16.5. The lowest BCUT2D eigenvalue weighted by atomic mass is 9.63. The lowest BCUT2D eigenvalue weighted by Crippen LogP contribution is -2.35. The number of fused-ring (bicyclic) bond motifs is 5. The Morgan fingerprint density at radius 3 is 2.11 bits per heavy atom. The minimum atomic E-state index is -4.67. The van der Waals surface area contributed by atoms with E-state index in [4.69, 9.17) is 36.3 Å². The Bertz CT molecular complexity index is 5370. The molecule has 3 aromatic heterocycles. The SMILES string of the molecule is [2H]c1c([2H])c([2H])c(-c2cc(-c3c([2H])c([2H])c4c(c3[2H])C(C([2H])([2H])[2H])(C([2H])([2H])[2H])C([2H])([2H])C([2H])([2H])C4(C([2H])([2H])[2H])C([2H])([2H])[2H])c(-[n+]3[c-]n(-c4cccc(Oc5ccc6c7ccccc7n(-c7cc(C([2H])([2H])[2H])c(-c8c([2H])c([2H])c([2H])c([2H])c8[2H])cn7)c6c5)c4)c4ccccc43)c(C(C)(C)C)c2)c([2H])c1[2H]. The fourth-order valence-electron chi connectivity index (χ4n) is 9.24. The van der Waals surface area contributed by atoms with E-state index < -0.39 is 170 Å². The Kier molecular flexibility index (Phi) is 5.26. The fraction of sp³-hybridized carbons (Fsp3) is 0.194. The van der Waals surface area contributed by atoms with E-state index in [0.717, 1.165) is 12.3 Å². The number of benzene rings is 8. The summed E-state index contributed by atoms with van der Waals surface area (Å²) in [6.07, 6.45) is -4.83. The summed E-state index contributed by atoms with van der Waals surface area (Å²) in [6, 6.07) is 17.5. The third-order valence-electron chi connectivity index (χ3n) is 12.6. The average Bonchev–Trinajstić information content (AvgIpc) is 0.669. The van der Waals surface area contributed by atoms with E-state index in [2.05, 4.69) is 11.3 Å². The van der Waals surface area contributed by atoms with E-state index in [-0.39, 0.29) is 56.3 Å². The molecule has 1 aliphatic carbocycles. The molecule has 5 nitrogen and oxygen atoms in total. The normalized spacial score (nSPS) is 22.9. The second-order valence-electron chi connectivity index (χ2n) is 18.4. The lowest BCUT2D eigenvalue weighted by Gasteiger charge is -2.42. The number of imidazole rings is 1. The van der Waals surface area contributed by atoms with Crippen molar-refractivity contribution in [2.24, 2.45) is 0 Å². The number of rotatable bonds is 8. The number of aryl methyl sites for hydroxylation is 1. The van der Waals surface area contributed by atoms with Crippen molar-refractivity contribution in [3.05, 3.63) is 223 Å². The first kappa shape index (κ1) is 22.2. The quantitative estimate of drug-likeness (QED) is 0.112. The molecule has 72 heavy (non-hydrogen) atoms. The maximum Gasteiger partial charge on any atom is 0.269 e. The maximum absolute atomic E-state index is 10.4. The first-order valence-electron chi connectivity index (χ1n) is 38.6. The summed E-state index contributed by atoms with van der Waals surface area (Å²) in [7, 11) is 0. The van der Waals surface area contributed by atoms with Crippen molar-refractivity contribution in [3.63, 3.8) is 0 Å². The lowest BCUT2D eigenvalue weighted by molar-refractivity contribution is -0.572. The smallest absolute Gasteiger partial charge is 0.269 e. The molecule has 0 fully saturated rings. The molecule has 354 valence electrons. The van der Waals surface area contributed by atoms with Crippen LogP contribution in [0.2, 0.25) is 0 Å². The number of aromatic nitrogens is 4. The number of pyridine rings is 1. The van der Waals surface area contributed by atoms with E-state index in [0.29, 0.717) is 33.0 Å². The summed E-state index contributed by atoms with van der Waals surface area (Å²) in [5.41, 5.74) is -15.0. The van der Waals surface area contributed by atoms with Crippen LogP contribution in [0, 0.1) is 13.2 Å². The van der Waals surface area contributed by atoms with Crippen LogP contribution in [-0.2, 0) is 16.2 Å². The van der Waals surface area contributed by atoms with Gasteiger partial charge in [-0.05, 0) is 134 Å². The standard InChI is InChI=1S/C67H60N4O/c1-44-36-63(68-42-55(44)46-22-13-10-14-23-46)71-59-27-16-15-26-52(59)53-32-31-51(41-62(53)71)72-50-25-19-24-49(40-50)69-43-70(61-29-18-17-28-60(61)69)64-54(37-48(39-58(64)65(2,3)4)45-20-11-9-12-21-45)47-30-33-56-57(38-47)67(7,8)35-34-66(56,5)6/h9-33,36-42H,34-35H2,1-8H3/i1D3,5D3,6D3,7D3,8D3,9D,10D,11D,12D,13D,14D,20D,21D,22D,23D,30D,33D,34D2,35D2,38D. The van der Waals surface area contributed by atoms with Gasteiger partial charge in [-0.25, -0.2) is 4.98 Å². The van der Waals surface area contributed by atoms with Gasteiger partial charge in [0.2, 0.25) is 0 Å². The highest BCUT2D eigenvalue weighted by Crippen LogP contribution is 2.48. The van der Waals surface area contributed by atoms with Gasteiger partial charge in [-0.3, -0.25) is 13.7 Å². The van der Waals surface area contributed by atoms with Gasteiger partial charge in [-0.2, -0.15) is 0 Å². The first-order valence-corrected chi connectivity index (χ1v) is 22.6. The van der Waals surface area contributed by atoms with Crippen LogP contribution in [0.25, 0.3) is 83.4 Å². The van der Waals surface area contributed by atoms with Crippen LogP contribution in [0.5, 0.6) is 11.5 Å². The van der Waals surface area contributed by atoms with Crippen molar-refractivity contribution in [1.29, 1.82) is 0 Å². The largest absolute Gasteiger partial charge is 0.458 e. The molecule has 0 saturated carbocycles. The van der Waals surface area contributed by atoms with E-state index in [9.17, 15) is 12.3 Å². The van der Waals surface area contributed by atoms with Gasteiger partial charge in [-0.1, -0.05) is 181 Å². The van der Waals surface area contributed by atoms with Crippen LogP contribution in [0.1, 0.15) is 127 Å². The zero-order chi connectivity index (χ0) is 76.9. The van der Waals surface area contributed by atoms with E-state index in [1.54, 1.807) is 115 Å². The summed E-state index contributed by atoms with van der Waals surface area (Å²) in [5, 5.41) is 1.39. The Morgan fingerprint density at radius 1 is 0.639 bits per heavy atom. The van der Waals surface area contributed by atoms with E-state index in [1.165, 1.54) is 16.7 Å². The molecule has 0 radical (unpaired) electrons. The molecule has 8 aromatic carbocycles. The van der Waals surface area contributed by atoms with Crippen LogP contribution in [0.3, 0.4) is 0 Å². The molecule has 11 aromatic rings. The Balaban J connectivity index is 1.11. The van der Waals surface area contributed by atoms with Gasteiger partial charge in [0, 0.05) is 54.6 Å². The summed E-state index contributed by atoms with van der Waals surface area (Å²) >= 11 is 0. The van der Waals surface area contributed by atoms with Gasteiger partial charge >= 0.3 is 0 Å². The zero-order valence-corrected chi connectivity index (χ0v) is 38.7. The van der Waals surface area contributed by atoms with Gasteiger partial charge in [0.15, 0.2) is 0 Å². The molecule has 0 aliphatic heterocycles. The molecule has 5 heteroatoms. The van der Waals surface area contributed by atoms with Crippen molar-refractivity contribution >= 4 is 32.8 Å². The van der Waals surface area contributed by atoms with Crippen molar-refractivity contribution in [1.82, 2.24) is 14.1 Å². The third kappa shape index (κ3) is 7.79. The summed E-state index contributed by atoms with van der Waals surface area (Å²) in [4.78, 5) is 4.66. The molecule has 0 atom stereocenters. The van der Waals surface area contributed by atoms with Crippen molar-refractivity contribution < 1.29 is 53.2 Å². The van der Waals surface area contributed by atoms with Crippen LogP contribution >= 0.6 is 0 Å². The minimum Gasteiger partial charge on any atom is -0.458 e. The van der Waals surface area contributed by atoms with Gasteiger partial charge in [0.05, 0.1) is 51.3 Å². The number of para-hydroxylation sites is 3. The molecular weight excluding hydrogens is 877 g/mol. The monoisotopic (exact) mass is 969 g/mol. The van der Waals surface area contributed by atoms with Gasteiger partial charge in [0.25, 0.3) is 6.33 Å². The number of nitrogens with zero attached hydrogens (tertiary/aromatic N) is 4. The number of ether oxygens (including phenoxy) is 1. The van der Waals surface area contributed by atoms with Gasteiger partial charge in [-0.15, -0.1) is 0 Å². The molecular formula is C67H60N4O. The van der Waals surface area contributed by atoms with Crippen molar-refractivity contribution in [3.8, 4) is 62.1 Å². The predicted octanol–water partition coefficient (Wildman–Crippen LogP) is 16.9. The Morgan fingerprint density at radius 2 is 1.35 bits per heavy atom. The molecule has 0 bridgehead atoms. The summed E-state index contributed by atoms with van der Waals surface area (Å²) < 4.78 is 299. The van der Waals surface area contributed by atoms with Gasteiger partial charge in [0.1, 0.15) is 17.3 Å². The maximum atomic E-state index is 10.4. The van der Waals surface area contributed by atoms with Crippen LogP contribution in [-0.4, -0.2) is 14.1 Å². The molecule has 0 saturated heterocycles. The summed E-state index contributed by atoms with van der Waals surface area (Å²) in [5.74, 6) is 0.516. The molecule has 0 unspecified atom stereocenters. The van der Waals surface area contributed by atoms with Gasteiger partial charge < -0.3 is 4.74 Å². The molecule has 0 spiro atoms. The van der Waals surface area contributed by atoms with E-state index in [1.807, 2.05) is 6.07 Å². The fourth-order valence-corrected chi connectivity index (χ4v) is 9.24. The minimum absolute atomic E-state index is 0.0857. The second-order valence-corrected chi connectivity index (χ2v) is 18.4. The zero-order valence-electron chi connectivity index (χ0n) is 70.7. The topological polar surface area (TPSA) is 35.9 Å². The van der Waals surface area contributed by atoms with Crippen molar-refractivity contribution in [2.75, 3.05) is 0 Å². The molecule has 0 N–H and O–H groups in total. The number of hydrogen-bond acceptors (Lipinski definition) is 2. The average molecular weight is 969 g/mol. The molecule has 0 amide bonds. The molecule has 12 rings (SSSR count). The first-order chi connectivity index (χ1) is 47.9. The van der Waals surface area contributed by atoms with E-state index >= 15 is 0 Å². The Labute approximate surface area is 468 Å². The van der Waals surface area contributed by atoms with Crippen LogP contribution in [0.15, 0.2) is 194 Å². The molecule has 3 heterocycles. The second kappa shape index (κ2) is 17.1. The molecule has 1 aliphatic rings.